The lowest BCUT2D eigenvalue weighted by molar-refractivity contribution is -0.00555. The molecule has 1 N–H and O–H groups in total. The van der Waals surface area contributed by atoms with E-state index in [1.165, 1.54) is 49.9 Å². The van der Waals surface area contributed by atoms with Crippen LogP contribution in [0.25, 0.3) is 0 Å². The molecule has 7 rings (SSSR count). The Kier molecular flexibility index (Phi) is 5.33. The molecule has 0 radical (unpaired) electrons. The van der Waals surface area contributed by atoms with Crippen LogP contribution in [0, 0.1) is 17.8 Å². The van der Waals surface area contributed by atoms with Gasteiger partial charge in [0.25, 0.3) is 5.91 Å². The molecule has 0 unspecified atom stereocenters. The first-order valence-electron chi connectivity index (χ1n) is 11.4. The molecule has 1 aromatic carbocycles. The standard InChI is InChI=1S/C24H26N4O3S2/c1-30-20-7-17(2-3-19(20)31-11-18-12-32-13-25-18)21(29)26-23-28-27-22(33-23)24-8-14-4-15(9-24)6-16(5-14)10-24/h2-3,7,12-16H,4-6,8-11H2,1H3,(H,26,28,29). The summed E-state index contributed by atoms with van der Waals surface area (Å²) >= 11 is 3.07. The maximum atomic E-state index is 12.9. The second-order valence-corrected chi connectivity index (χ2v) is 11.4. The average Bonchev–Trinajstić information content (AvgIpc) is 3.49. The molecule has 4 aliphatic carbocycles. The highest BCUT2D eigenvalue weighted by Gasteiger charge is 2.53. The third kappa shape index (κ3) is 4.01. The van der Waals surface area contributed by atoms with Crippen molar-refractivity contribution < 1.29 is 14.3 Å². The Labute approximate surface area is 200 Å². The number of hydrogen-bond acceptors (Lipinski definition) is 8. The van der Waals surface area contributed by atoms with Crippen LogP contribution in [0.2, 0.25) is 0 Å². The molecule has 3 aromatic rings. The Morgan fingerprint density at radius 3 is 2.55 bits per heavy atom. The molecule has 0 saturated heterocycles. The molecule has 2 aromatic heterocycles. The Morgan fingerprint density at radius 2 is 1.88 bits per heavy atom. The zero-order valence-corrected chi connectivity index (χ0v) is 20.1. The van der Waals surface area contributed by atoms with Crippen molar-refractivity contribution >= 4 is 33.7 Å². The number of amides is 1. The van der Waals surface area contributed by atoms with Crippen LogP contribution < -0.4 is 14.8 Å². The first-order chi connectivity index (χ1) is 16.1. The summed E-state index contributed by atoms with van der Waals surface area (Å²) in [4.78, 5) is 17.1. The summed E-state index contributed by atoms with van der Waals surface area (Å²) in [6.07, 6.45) is 7.90. The molecule has 0 spiro atoms. The normalized spacial score (nSPS) is 27.5. The highest BCUT2D eigenvalue weighted by atomic mass is 32.1. The topological polar surface area (TPSA) is 86.2 Å². The van der Waals surface area contributed by atoms with E-state index >= 15 is 0 Å². The number of ether oxygens (including phenoxy) is 2. The number of aromatic nitrogens is 3. The SMILES string of the molecule is COc1cc(C(=O)Nc2nnc(C34CC5CC(CC(C5)C3)C4)s2)ccc1OCc1cscn1. The third-order valence-electron chi connectivity index (χ3n) is 7.42. The molecule has 33 heavy (non-hydrogen) atoms. The van der Waals surface area contributed by atoms with E-state index in [1.54, 1.807) is 42.2 Å². The van der Waals surface area contributed by atoms with Gasteiger partial charge in [-0.3, -0.25) is 10.1 Å². The van der Waals surface area contributed by atoms with E-state index < -0.39 is 0 Å². The van der Waals surface area contributed by atoms with E-state index in [2.05, 4.69) is 20.5 Å². The van der Waals surface area contributed by atoms with Crippen molar-refractivity contribution in [2.75, 3.05) is 12.4 Å². The quantitative estimate of drug-likeness (QED) is 0.492. The van der Waals surface area contributed by atoms with Gasteiger partial charge >= 0.3 is 0 Å². The number of anilines is 1. The number of rotatable bonds is 7. The highest BCUT2D eigenvalue weighted by molar-refractivity contribution is 7.15. The van der Waals surface area contributed by atoms with E-state index in [4.69, 9.17) is 9.47 Å². The lowest BCUT2D eigenvalue weighted by Crippen LogP contribution is -2.48. The summed E-state index contributed by atoms with van der Waals surface area (Å²) in [5, 5.41) is 15.4. The van der Waals surface area contributed by atoms with Gasteiger partial charge in [-0.2, -0.15) is 0 Å². The summed E-state index contributed by atoms with van der Waals surface area (Å²) in [7, 11) is 1.56. The van der Waals surface area contributed by atoms with Crippen molar-refractivity contribution in [3.63, 3.8) is 0 Å². The van der Waals surface area contributed by atoms with E-state index in [0.717, 1.165) is 28.5 Å². The van der Waals surface area contributed by atoms with Crippen molar-refractivity contribution in [2.45, 2.75) is 50.5 Å². The molecule has 4 saturated carbocycles. The summed E-state index contributed by atoms with van der Waals surface area (Å²) in [5.41, 5.74) is 3.30. The van der Waals surface area contributed by atoms with Crippen LogP contribution in [0.4, 0.5) is 5.13 Å². The van der Waals surface area contributed by atoms with Crippen molar-refractivity contribution in [1.29, 1.82) is 0 Å². The Hall–Kier alpha value is -2.52. The first-order valence-corrected chi connectivity index (χ1v) is 13.2. The number of carbonyl (C=O) groups is 1. The van der Waals surface area contributed by atoms with E-state index in [9.17, 15) is 4.79 Å². The van der Waals surface area contributed by atoms with Crippen molar-refractivity contribution in [3.8, 4) is 11.5 Å². The minimum Gasteiger partial charge on any atom is -0.493 e. The van der Waals surface area contributed by atoms with Crippen molar-refractivity contribution in [2.24, 2.45) is 17.8 Å². The van der Waals surface area contributed by atoms with Crippen molar-refractivity contribution in [3.05, 3.63) is 45.4 Å². The lowest BCUT2D eigenvalue weighted by atomic mass is 9.50. The minimum atomic E-state index is -0.229. The Morgan fingerprint density at radius 1 is 1.12 bits per heavy atom. The van der Waals surface area contributed by atoms with Crippen LogP contribution in [-0.2, 0) is 12.0 Å². The number of hydrogen-bond donors (Lipinski definition) is 1. The molecule has 172 valence electrons. The molecule has 4 bridgehead atoms. The van der Waals surface area contributed by atoms with Gasteiger partial charge in [-0.1, -0.05) is 11.3 Å². The predicted molar refractivity (Wildman–Crippen MR) is 127 cm³/mol. The molecule has 0 aliphatic heterocycles. The molecule has 9 heteroatoms. The van der Waals surface area contributed by atoms with Gasteiger partial charge in [0.1, 0.15) is 11.6 Å². The summed E-state index contributed by atoms with van der Waals surface area (Å²) < 4.78 is 11.3. The zero-order valence-electron chi connectivity index (χ0n) is 18.5. The molecular weight excluding hydrogens is 456 g/mol. The zero-order chi connectivity index (χ0) is 22.4. The van der Waals surface area contributed by atoms with Crippen molar-refractivity contribution in [1.82, 2.24) is 15.2 Å². The fraction of sp³-hybridized carbons (Fsp3) is 0.500. The molecule has 0 atom stereocenters. The van der Waals surface area contributed by atoms with E-state index in [0.29, 0.717) is 28.8 Å². The van der Waals surface area contributed by atoms with Crippen LogP contribution in [0.5, 0.6) is 11.5 Å². The maximum Gasteiger partial charge on any atom is 0.257 e. The Balaban J connectivity index is 1.15. The third-order valence-corrected chi connectivity index (χ3v) is 9.14. The van der Waals surface area contributed by atoms with Gasteiger partial charge in [0.2, 0.25) is 5.13 Å². The van der Waals surface area contributed by atoms with Crippen LogP contribution in [0.15, 0.2) is 29.1 Å². The fourth-order valence-electron chi connectivity index (χ4n) is 6.42. The van der Waals surface area contributed by atoms with Crippen LogP contribution in [0.3, 0.4) is 0 Å². The van der Waals surface area contributed by atoms with Gasteiger partial charge in [0.05, 0.1) is 18.3 Å². The van der Waals surface area contributed by atoms with Crippen LogP contribution in [-0.4, -0.2) is 28.2 Å². The van der Waals surface area contributed by atoms with Gasteiger partial charge in [-0.05, 0) is 74.5 Å². The average molecular weight is 483 g/mol. The monoisotopic (exact) mass is 482 g/mol. The van der Waals surface area contributed by atoms with Crippen LogP contribution >= 0.6 is 22.7 Å². The number of methoxy groups -OCH3 is 1. The molecule has 1 amide bonds. The lowest BCUT2D eigenvalue weighted by Gasteiger charge is -2.55. The summed E-state index contributed by atoms with van der Waals surface area (Å²) in [6, 6.07) is 5.17. The number of benzene rings is 1. The number of thiazole rings is 1. The van der Waals surface area contributed by atoms with Gasteiger partial charge in [-0.15, -0.1) is 21.5 Å². The number of nitrogens with zero attached hydrogens (tertiary/aromatic N) is 3. The number of nitrogens with one attached hydrogen (secondary N) is 1. The predicted octanol–water partition coefficient (Wildman–Crippen LogP) is 5.30. The van der Waals surface area contributed by atoms with E-state index in [1.807, 2.05) is 5.38 Å². The van der Waals surface area contributed by atoms with Gasteiger partial charge in [0, 0.05) is 16.4 Å². The highest BCUT2D eigenvalue weighted by Crippen LogP contribution is 2.61. The number of carbonyl (C=O) groups excluding carboxylic acids is 1. The van der Waals surface area contributed by atoms with Gasteiger partial charge < -0.3 is 9.47 Å². The second-order valence-electron chi connectivity index (χ2n) is 9.70. The van der Waals surface area contributed by atoms with E-state index in [-0.39, 0.29) is 11.3 Å². The molecular formula is C24H26N4O3S2. The molecule has 4 aliphatic rings. The van der Waals surface area contributed by atoms with Gasteiger partial charge in [-0.25, -0.2) is 4.98 Å². The van der Waals surface area contributed by atoms with Gasteiger partial charge in [0.15, 0.2) is 11.5 Å². The maximum absolute atomic E-state index is 12.9. The first kappa shape index (κ1) is 21.0. The fourth-order valence-corrected chi connectivity index (χ4v) is 7.92. The second kappa shape index (κ2) is 8.36. The smallest absolute Gasteiger partial charge is 0.257 e. The largest absolute Gasteiger partial charge is 0.493 e. The Bertz CT molecular complexity index is 1130. The summed E-state index contributed by atoms with van der Waals surface area (Å²) in [5.74, 6) is 3.39. The van der Waals surface area contributed by atoms with Crippen LogP contribution in [0.1, 0.15) is 59.6 Å². The molecule has 7 nitrogen and oxygen atoms in total. The molecule has 4 fully saturated rings. The summed E-state index contributed by atoms with van der Waals surface area (Å²) in [6.45, 7) is 0.350. The molecule has 2 heterocycles. The minimum absolute atomic E-state index is 0.189.